The molecule has 0 saturated carbocycles. The molecule has 6 nitrogen and oxygen atoms in total. The SMILES string of the molecule is CCc1cc(-c2ccc(CS(=O)(=O)c3ccccc3Cl)nc2OC)cc2cnc(I)nc12. The highest BCUT2D eigenvalue weighted by atomic mass is 127. The van der Waals surface area contributed by atoms with Crippen LogP contribution in [-0.2, 0) is 22.0 Å². The minimum atomic E-state index is -3.66. The van der Waals surface area contributed by atoms with Crippen molar-refractivity contribution in [3.05, 3.63) is 74.8 Å². The summed E-state index contributed by atoms with van der Waals surface area (Å²) < 4.78 is 31.9. The van der Waals surface area contributed by atoms with Gasteiger partial charge in [-0.15, -0.1) is 0 Å². The highest BCUT2D eigenvalue weighted by Crippen LogP contribution is 2.33. The predicted octanol–water partition coefficient (Wildman–Crippen LogP) is 5.49. The quantitative estimate of drug-likeness (QED) is 0.222. The van der Waals surface area contributed by atoms with Crippen molar-refractivity contribution in [2.45, 2.75) is 24.0 Å². The molecular formula is C23H19ClIN3O3S. The van der Waals surface area contributed by atoms with Crippen LogP contribution in [0.5, 0.6) is 5.88 Å². The zero-order valence-corrected chi connectivity index (χ0v) is 21.1. The van der Waals surface area contributed by atoms with Crippen LogP contribution in [-0.4, -0.2) is 30.5 Å². The molecule has 0 fully saturated rings. The summed E-state index contributed by atoms with van der Waals surface area (Å²) in [4.78, 5) is 13.4. The fourth-order valence-electron chi connectivity index (χ4n) is 3.53. The van der Waals surface area contributed by atoms with Gasteiger partial charge in [-0.25, -0.2) is 23.4 Å². The number of methoxy groups -OCH3 is 1. The minimum absolute atomic E-state index is 0.0864. The molecule has 2 aromatic carbocycles. The molecule has 0 N–H and O–H groups in total. The van der Waals surface area contributed by atoms with Crippen LogP contribution >= 0.6 is 34.2 Å². The van der Waals surface area contributed by atoms with E-state index in [-0.39, 0.29) is 15.7 Å². The number of pyridine rings is 1. The summed E-state index contributed by atoms with van der Waals surface area (Å²) in [6.07, 6.45) is 2.61. The molecule has 0 aliphatic heterocycles. The normalized spacial score (nSPS) is 11.6. The van der Waals surface area contributed by atoms with E-state index in [0.717, 1.165) is 34.0 Å². The van der Waals surface area contributed by atoms with Crippen LogP contribution in [0.15, 0.2) is 59.6 Å². The average molecular weight is 580 g/mol. The fourth-order valence-corrected chi connectivity index (χ4v) is 5.75. The van der Waals surface area contributed by atoms with Gasteiger partial charge in [-0.1, -0.05) is 30.7 Å². The molecule has 4 rings (SSSR count). The van der Waals surface area contributed by atoms with Crippen LogP contribution in [0.1, 0.15) is 18.2 Å². The summed E-state index contributed by atoms with van der Waals surface area (Å²) in [5.74, 6) is 0.0714. The van der Waals surface area contributed by atoms with Gasteiger partial charge in [-0.05, 0) is 53.9 Å². The molecular weight excluding hydrogens is 561 g/mol. The van der Waals surface area contributed by atoms with E-state index < -0.39 is 9.84 Å². The number of aryl methyl sites for hydroxylation is 1. The molecule has 2 aromatic heterocycles. The molecule has 32 heavy (non-hydrogen) atoms. The molecule has 0 aliphatic carbocycles. The number of rotatable bonds is 6. The molecule has 0 amide bonds. The zero-order valence-electron chi connectivity index (χ0n) is 17.3. The second-order valence-corrected chi connectivity index (χ2v) is 10.4. The van der Waals surface area contributed by atoms with Crippen molar-refractivity contribution < 1.29 is 13.2 Å². The van der Waals surface area contributed by atoms with Crippen LogP contribution in [0, 0.1) is 3.83 Å². The van der Waals surface area contributed by atoms with Crippen molar-refractivity contribution >= 4 is 54.9 Å². The van der Waals surface area contributed by atoms with E-state index in [1.54, 1.807) is 30.5 Å². The Hall–Kier alpha value is -2.30. The van der Waals surface area contributed by atoms with E-state index in [1.165, 1.54) is 13.2 Å². The summed E-state index contributed by atoms with van der Waals surface area (Å²) in [5.41, 5.74) is 4.06. The summed E-state index contributed by atoms with van der Waals surface area (Å²) in [7, 11) is -2.14. The minimum Gasteiger partial charge on any atom is -0.481 e. The first-order chi connectivity index (χ1) is 15.3. The summed E-state index contributed by atoms with van der Waals surface area (Å²) >= 11 is 8.19. The fraction of sp³-hybridized carbons (Fsp3) is 0.174. The first-order valence-corrected chi connectivity index (χ1v) is 12.9. The third-order valence-corrected chi connectivity index (χ3v) is 7.71. The Balaban J connectivity index is 1.75. The Bertz CT molecular complexity index is 1430. The number of hydrogen-bond acceptors (Lipinski definition) is 6. The Morgan fingerprint density at radius 2 is 1.88 bits per heavy atom. The first-order valence-electron chi connectivity index (χ1n) is 9.79. The smallest absolute Gasteiger partial charge is 0.221 e. The number of benzene rings is 2. The third kappa shape index (κ3) is 4.57. The lowest BCUT2D eigenvalue weighted by atomic mass is 9.99. The Morgan fingerprint density at radius 3 is 2.59 bits per heavy atom. The molecule has 2 heterocycles. The monoisotopic (exact) mass is 579 g/mol. The van der Waals surface area contributed by atoms with Crippen LogP contribution < -0.4 is 4.74 Å². The molecule has 0 atom stereocenters. The van der Waals surface area contributed by atoms with Crippen molar-refractivity contribution in [2.75, 3.05) is 7.11 Å². The topological polar surface area (TPSA) is 82.0 Å². The summed E-state index contributed by atoms with van der Waals surface area (Å²) in [6.45, 7) is 2.08. The standard InChI is InChI=1S/C23H19ClIN3O3S/c1-3-14-10-15(11-16-12-26-23(25)28-21(14)16)18-9-8-17(27-22(18)31-2)13-32(29,30)20-7-5-4-6-19(20)24/h4-12H,3,13H2,1-2H3. The van der Waals surface area contributed by atoms with Gasteiger partial charge in [0.1, 0.15) is 0 Å². The number of fused-ring (bicyclic) bond motifs is 1. The highest BCUT2D eigenvalue weighted by Gasteiger charge is 2.21. The summed E-state index contributed by atoms with van der Waals surface area (Å²) in [6, 6.07) is 14.0. The van der Waals surface area contributed by atoms with Crippen LogP contribution in [0.2, 0.25) is 5.02 Å². The first kappa shape index (κ1) is 22.9. The Kier molecular flexibility index (Phi) is 6.64. The largest absolute Gasteiger partial charge is 0.481 e. The van der Waals surface area contributed by atoms with Gasteiger partial charge in [0.25, 0.3) is 0 Å². The lowest BCUT2D eigenvalue weighted by Crippen LogP contribution is -2.08. The maximum atomic E-state index is 12.9. The number of aromatic nitrogens is 3. The van der Waals surface area contributed by atoms with Gasteiger partial charge in [0, 0.05) is 39.7 Å². The van der Waals surface area contributed by atoms with Gasteiger partial charge >= 0.3 is 0 Å². The number of hydrogen-bond donors (Lipinski definition) is 0. The molecule has 0 spiro atoms. The van der Waals surface area contributed by atoms with E-state index >= 15 is 0 Å². The van der Waals surface area contributed by atoms with E-state index in [1.807, 2.05) is 12.1 Å². The van der Waals surface area contributed by atoms with Crippen molar-refractivity contribution in [2.24, 2.45) is 0 Å². The van der Waals surface area contributed by atoms with Crippen molar-refractivity contribution in [3.8, 4) is 17.0 Å². The number of sulfone groups is 1. The Labute approximate surface area is 205 Å². The van der Waals surface area contributed by atoms with E-state index in [4.69, 9.17) is 16.3 Å². The van der Waals surface area contributed by atoms with Crippen LogP contribution in [0.3, 0.4) is 0 Å². The van der Waals surface area contributed by atoms with Crippen LogP contribution in [0.4, 0.5) is 0 Å². The molecule has 0 unspecified atom stereocenters. The number of halogens is 2. The van der Waals surface area contributed by atoms with Crippen molar-refractivity contribution in [1.82, 2.24) is 15.0 Å². The maximum Gasteiger partial charge on any atom is 0.221 e. The highest BCUT2D eigenvalue weighted by molar-refractivity contribution is 14.1. The average Bonchev–Trinajstić information content (AvgIpc) is 2.78. The van der Waals surface area contributed by atoms with E-state index in [0.29, 0.717) is 15.4 Å². The zero-order chi connectivity index (χ0) is 22.9. The van der Waals surface area contributed by atoms with E-state index in [2.05, 4.69) is 50.5 Å². The molecule has 0 saturated heterocycles. The molecule has 164 valence electrons. The third-order valence-electron chi connectivity index (χ3n) is 5.05. The van der Waals surface area contributed by atoms with Gasteiger partial charge in [0.05, 0.1) is 34.0 Å². The molecule has 0 radical (unpaired) electrons. The molecule has 0 bridgehead atoms. The molecule has 4 aromatic rings. The lowest BCUT2D eigenvalue weighted by Gasteiger charge is -2.13. The van der Waals surface area contributed by atoms with Gasteiger partial charge in [0.15, 0.2) is 13.7 Å². The van der Waals surface area contributed by atoms with Gasteiger partial charge in [-0.3, -0.25) is 0 Å². The summed E-state index contributed by atoms with van der Waals surface area (Å²) in [5, 5.41) is 1.11. The van der Waals surface area contributed by atoms with Gasteiger partial charge in [-0.2, -0.15) is 0 Å². The number of ether oxygens (including phenoxy) is 1. The number of nitrogens with zero attached hydrogens (tertiary/aromatic N) is 3. The maximum absolute atomic E-state index is 12.9. The van der Waals surface area contributed by atoms with E-state index in [9.17, 15) is 8.42 Å². The van der Waals surface area contributed by atoms with Crippen LogP contribution in [0.25, 0.3) is 22.0 Å². The molecule has 9 heteroatoms. The predicted molar refractivity (Wildman–Crippen MR) is 134 cm³/mol. The second kappa shape index (κ2) is 9.29. The van der Waals surface area contributed by atoms with Gasteiger partial charge < -0.3 is 4.74 Å². The van der Waals surface area contributed by atoms with Crippen molar-refractivity contribution in [3.63, 3.8) is 0 Å². The molecule has 0 aliphatic rings. The second-order valence-electron chi connectivity index (χ2n) is 7.11. The lowest BCUT2D eigenvalue weighted by molar-refractivity contribution is 0.398. The van der Waals surface area contributed by atoms with Gasteiger partial charge in [0.2, 0.25) is 5.88 Å². The van der Waals surface area contributed by atoms with Crippen molar-refractivity contribution in [1.29, 1.82) is 0 Å². The Morgan fingerprint density at radius 1 is 1.09 bits per heavy atom.